The van der Waals surface area contributed by atoms with Gasteiger partial charge in [-0.05, 0) is 79.6 Å². The molecule has 0 spiro atoms. The topological polar surface area (TPSA) is 190 Å². The standard InChI is InChI=1S/C51H66FN9O7S/c52-41-14-11-39(12-15-41)35-59-24-26-60(27-25-59)49(64)40-13-16-44(55-33-40)50(65)61(42-17-21-58(22-18-42)34-38-9-7-37(32-53)8-10-38)23-20-54-47(63)19-29-68-31-30-67-28-3-5-43(62)4-1-2-6-46-48-45(36-69-46)56-51(66)57-48/h7-16,33,42,45-46,48H,1-6,17-31,34-36H2,(H,54,63)(H2,56,57,66). The molecule has 18 heteroatoms. The quantitative estimate of drug-likeness (QED) is 0.0781. The van der Waals surface area contributed by atoms with E-state index in [2.05, 4.69) is 36.8 Å². The highest BCUT2D eigenvalue weighted by Crippen LogP contribution is 2.33. The Morgan fingerprint density at radius 2 is 1.49 bits per heavy atom. The first-order valence-corrected chi connectivity index (χ1v) is 25.5. The molecule has 4 saturated heterocycles. The Hall–Kier alpha value is -5.45. The summed E-state index contributed by atoms with van der Waals surface area (Å²) in [5.41, 5.74) is 3.39. The van der Waals surface area contributed by atoms with E-state index in [-0.39, 0.29) is 85.3 Å². The Balaban J connectivity index is 0.795. The Bertz CT molecular complexity index is 2200. The lowest BCUT2D eigenvalue weighted by Gasteiger charge is -2.38. The number of nitrogens with zero attached hydrogens (tertiary/aromatic N) is 6. The van der Waals surface area contributed by atoms with Crippen LogP contribution in [0.15, 0.2) is 66.9 Å². The first-order valence-electron chi connectivity index (χ1n) is 24.5. The van der Waals surface area contributed by atoms with Crippen LogP contribution < -0.4 is 16.0 Å². The van der Waals surface area contributed by atoms with Crippen molar-refractivity contribution in [3.63, 3.8) is 0 Å². The molecular weight excluding hydrogens is 902 g/mol. The molecule has 4 aliphatic rings. The molecule has 5 heterocycles. The molecule has 0 aliphatic carbocycles. The number of Topliss-reactive ketones (excluding diaryl/α,β-unsaturated/α-hetero) is 1. The summed E-state index contributed by atoms with van der Waals surface area (Å²) in [4.78, 5) is 77.1. The highest BCUT2D eigenvalue weighted by molar-refractivity contribution is 8.00. The fourth-order valence-corrected chi connectivity index (χ4v) is 11.0. The fraction of sp³-hybridized carbons (Fsp3) is 0.549. The molecule has 2 aromatic carbocycles. The molecule has 4 fully saturated rings. The summed E-state index contributed by atoms with van der Waals surface area (Å²) in [6.07, 6.45) is 7.61. The van der Waals surface area contributed by atoms with Gasteiger partial charge in [0.2, 0.25) is 5.91 Å². The Kier molecular flexibility index (Phi) is 19.7. The van der Waals surface area contributed by atoms with E-state index >= 15 is 0 Å². The molecule has 69 heavy (non-hydrogen) atoms. The zero-order chi connectivity index (χ0) is 48.4. The average molecular weight is 968 g/mol. The molecule has 3 N–H and O–H groups in total. The van der Waals surface area contributed by atoms with Gasteiger partial charge in [0.05, 0.1) is 49.1 Å². The van der Waals surface area contributed by atoms with Crippen molar-refractivity contribution in [2.75, 3.05) is 84.5 Å². The molecular formula is C51H66FN9O7S. The maximum absolute atomic E-state index is 14.2. The van der Waals surface area contributed by atoms with Gasteiger partial charge in [-0.25, -0.2) is 9.18 Å². The number of urea groups is 1. The van der Waals surface area contributed by atoms with Crippen LogP contribution in [-0.4, -0.2) is 162 Å². The lowest BCUT2D eigenvalue weighted by molar-refractivity contribution is -0.122. The molecule has 16 nitrogen and oxygen atoms in total. The van der Waals surface area contributed by atoms with Crippen LogP contribution in [0.1, 0.15) is 95.3 Å². The molecule has 3 aromatic rings. The molecule has 0 saturated carbocycles. The smallest absolute Gasteiger partial charge is 0.315 e. The normalized spacial score (nSPS) is 19.6. The SMILES string of the molecule is N#Cc1ccc(CN2CCC(N(CCNC(=O)CCOCCOCCCC(=O)CCCCC3SCC4NC(=O)NC43)C(=O)c3ccc(C(=O)N4CCN(Cc5ccc(F)cc5)CC4)cn3)CC2)cc1. The van der Waals surface area contributed by atoms with E-state index in [4.69, 9.17) is 9.47 Å². The van der Waals surface area contributed by atoms with E-state index in [9.17, 15) is 33.6 Å². The van der Waals surface area contributed by atoms with E-state index < -0.39 is 0 Å². The van der Waals surface area contributed by atoms with Crippen LogP contribution in [0.3, 0.4) is 0 Å². The minimum atomic E-state index is -0.266. The summed E-state index contributed by atoms with van der Waals surface area (Å²) in [7, 11) is 0. The Morgan fingerprint density at radius 3 is 2.19 bits per heavy atom. The van der Waals surface area contributed by atoms with Crippen molar-refractivity contribution in [3.05, 3.63) is 101 Å². The van der Waals surface area contributed by atoms with Crippen molar-refractivity contribution >= 4 is 41.3 Å². The number of nitrogens with one attached hydrogen (secondary N) is 3. The summed E-state index contributed by atoms with van der Waals surface area (Å²) in [5.74, 6) is 0.319. The third-order valence-electron chi connectivity index (χ3n) is 13.4. The minimum Gasteiger partial charge on any atom is -0.379 e. The van der Waals surface area contributed by atoms with Gasteiger partial charge in [0.15, 0.2) is 0 Å². The van der Waals surface area contributed by atoms with Gasteiger partial charge in [0.1, 0.15) is 17.3 Å². The van der Waals surface area contributed by atoms with Crippen LogP contribution in [0.25, 0.3) is 0 Å². The second-order valence-corrected chi connectivity index (χ2v) is 19.5. The van der Waals surface area contributed by atoms with Gasteiger partial charge in [-0.2, -0.15) is 17.0 Å². The summed E-state index contributed by atoms with van der Waals surface area (Å²) in [6.45, 7) is 7.32. The Morgan fingerprint density at radius 1 is 0.812 bits per heavy atom. The molecule has 7 rings (SSSR count). The highest BCUT2D eigenvalue weighted by Gasteiger charge is 2.42. The maximum Gasteiger partial charge on any atom is 0.315 e. The van der Waals surface area contributed by atoms with E-state index in [1.165, 1.54) is 18.3 Å². The van der Waals surface area contributed by atoms with Crippen LogP contribution in [0.5, 0.6) is 0 Å². The molecule has 1 aromatic heterocycles. The number of benzene rings is 2. The summed E-state index contributed by atoms with van der Waals surface area (Å²) < 4.78 is 24.6. The largest absolute Gasteiger partial charge is 0.379 e. The second kappa shape index (κ2) is 26.5. The molecule has 5 amide bonds. The lowest BCUT2D eigenvalue weighted by atomic mass is 10.0. The number of ether oxygens (including phenoxy) is 2. The number of nitriles is 1. The van der Waals surface area contributed by atoms with Crippen molar-refractivity contribution in [1.82, 2.24) is 40.5 Å². The van der Waals surface area contributed by atoms with Gasteiger partial charge >= 0.3 is 6.03 Å². The number of piperidine rings is 1. The Labute approximate surface area is 409 Å². The number of ketones is 1. The molecule has 4 aliphatic heterocycles. The molecule has 3 unspecified atom stereocenters. The fourth-order valence-electron chi connectivity index (χ4n) is 9.41. The lowest BCUT2D eigenvalue weighted by Crippen LogP contribution is -2.49. The van der Waals surface area contributed by atoms with Crippen molar-refractivity contribution < 1.29 is 37.8 Å². The van der Waals surface area contributed by atoms with Gasteiger partial charge < -0.3 is 35.2 Å². The number of fused-ring (bicyclic) bond motifs is 1. The van der Waals surface area contributed by atoms with Crippen LogP contribution in [0.2, 0.25) is 0 Å². The van der Waals surface area contributed by atoms with Crippen molar-refractivity contribution in [2.45, 2.75) is 94.3 Å². The predicted molar refractivity (Wildman–Crippen MR) is 260 cm³/mol. The van der Waals surface area contributed by atoms with Gasteiger partial charge in [-0.15, -0.1) is 0 Å². The number of amides is 5. The first-order chi connectivity index (χ1) is 33.6. The number of carbonyl (C=O) groups is 5. The summed E-state index contributed by atoms with van der Waals surface area (Å²) >= 11 is 1.89. The zero-order valence-corrected chi connectivity index (χ0v) is 40.3. The van der Waals surface area contributed by atoms with Gasteiger partial charge in [-0.1, -0.05) is 30.7 Å². The molecule has 0 radical (unpaired) electrons. The summed E-state index contributed by atoms with van der Waals surface area (Å²) in [6, 6.07) is 19.7. The van der Waals surface area contributed by atoms with E-state index in [1.54, 1.807) is 34.1 Å². The number of pyridine rings is 1. The third kappa shape index (κ3) is 15.8. The van der Waals surface area contributed by atoms with Crippen molar-refractivity contribution in [1.29, 1.82) is 5.26 Å². The van der Waals surface area contributed by atoms with Gasteiger partial charge in [0, 0.05) is 115 Å². The van der Waals surface area contributed by atoms with Gasteiger partial charge in [-0.3, -0.25) is 34.0 Å². The number of thioether (sulfide) groups is 1. The second-order valence-electron chi connectivity index (χ2n) is 18.3. The number of unbranched alkanes of at least 4 members (excludes halogenated alkanes) is 1. The van der Waals surface area contributed by atoms with E-state index in [1.807, 2.05) is 36.0 Å². The van der Waals surface area contributed by atoms with Crippen LogP contribution in [-0.2, 0) is 32.2 Å². The number of rotatable bonds is 25. The van der Waals surface area contributed by atoms with Crippen LogP contribution in [0.4, 0.5) is 9.18 Å². The number of carbonyl (C=O) groups excluding carboxylic acids is 5. The maximum atomic E-state index is 14.2. The molecule has 3 atom stereocenters. The number of hydrogen-bond donors (Lipinski definition) is 3. The number of halogens is 1. The van der Waals surface area contributed by atoms with E-state index in [0.29, 0.717) is 88.2 Å². The van der Waals surface area contributed by atoms with E-state index in [0.717, 1.165) is 68.6 Å². The summed E-state index contributed by atoms with van der Waals surface area (Å²) in [5, 5.41) is 18.5. The van der Waals surface area contributed by atoms with Crippen molar-refractivity contribution in [2.24, 2.45) is 0 Å². The number of piperazine rings is 1. The van der Waals surface area contributed by atoms with Crippen molar-refractivity contribution in [3.8, 4) is 6.07 Å². The monoisotopic (exact) mass is 967 g/mol. The number of hydrogen-bond acceptors (Lipinski definition) is 12. The van der Waals surface area contributed by atoms with Crippen LogP contribution >= 0.6 is 11.8 Å². The highest BCUT2D eigenvalue weighted by atomic mass is 32.2. The van der Waals surface area contributed by atoms with Gasteiger partial charge in [0.25, 0.3) is 11.8 Å². The first kappa shape index (κ1) is 51.4. The number of likely N-dealkylation sites (tertiary alicyclic amines) is 1. The zero-order valence-electron chi connectivity index (χ0n) is 39.5. The average Bonchev–Trinajstić information content (AvgIpc) is 3.93. The van der Waals surface area contributed by atoms with Crippen LogP contribution in [0, 0.1) is 17.1 Å². The predicted octanol–water partition coefficient (Wildman–Crippen LogP) is 4.77. The molecule has 370 valence electrons. The number of aromatic nitrogens is 1. The molecule has 0 bridgehead atoms. The third-order valence-corrected chi connectivity index (χ3v) is 14.9. The minimum absolute atomic E-state index is 0.0746.